The molecule has 2 aromatic rings. The van der Waals surface area contributed by atoms with Gasteiger partial charge in [-0.1, -0.05) is 18.2 Å². The summed E-state index contributed by atoms with van der Waals surface area (Å²) in [5, 5.41) is 3.39. The van der Waals surface area contributed by atoms with Crippen molar-refractivity contribution in [1.29, 1.82) is 0 Å². The van der Waals surface area contributed by atoms with Gasteiger partial charge >= 0.3 is 0 Å². The fourth-order valence-corrected chi connectivity index (χ4v) is 3.30. The highest BCUT2D eigenvalue weighted by Gasteiger charge is 2.27. The lowest BCUT2D eigenvalue weighted by molar-refractivity contribution is -0.133. The molecule has 1 aliphatic rings. The van der Waals surface area contributed by atoms with Crippen LogP contribution in [0.2, 0.25) is 0 Å². The molecule has 0 aliphatic carbocycles. The quantitative estimate of drug-likeness (QED) is 0.894. The lowest BCUT2D eigenvalue weighted by Crippen LogP contribution is -2.50. The average molecular weight is 356 g/mol. The molecule has 1 aromatic heterocycles. The lowest BCUT2D eigenvalue weighted by Gasteiger charge is -2.37. The van der Waals surface area contributed by atoms with Crippen LogP contribution in [0.1, 0.15) is 30.1 Å². The molecule has 1 saturated heterocycles. The van der Waals surface area contributed by atoms with Crippen molar-refractivity contribution >= 4 is 5.91 Å². The van der Waals surface area contributed by atoms with E-state index in [9.17, 15) is 9.18 Å². The van der Waals surface area contributed by atoms with E-state index in [2.05, 4.69) is 15.2 Å². The molecule has 0 radical (unpaired) electrons. The van der Waals surface area contributed by atoms with Crippen molar-refractivity contribution in [3.8, 4) is 0 Å². The maximum absolute atomic E-state index is 13.1. The number of amides is 1. The highest BCUT2D eigenvalue weighted by Crippen LogP contribution is 2.23. The van der Waals surface area contributed by atoms with Crippen LogP contribution in [0.3, 0.4) is 0 Å². The molecule has 2 unspecified atom stereocenters. The highest BCUT2D eigenvalue weighted by molar-refractivity contribution is 5.78. The summed E-state index contributed by atoms with van der Waals surface area (Å²) in [6.07, 6.45) is 3.62. The number of hydrogen-bond acceptors (Lipinski definition) is 4. The Morgan fingerprint density at radius 1 is 1.38 bits per heavy atom. The van der Waals surface area contributed by atoms with E-state index in [1.165, 1.54) is 12.1 Å². The molecular formula is C20H25FN4O. The molecule has 5 nitrogen and oxygen atoms in total. The fraction of sp³-hybridized carbons (Fsp3) is 0.400. The van der Waals surface area contributed by atoms with Crippen LogP contribution in [0.15, 0.2) is 48.8 Å². The van der Waals surface area contributed by atoms with Gasteiger partial charge in [-0.2, -0.15) is 0 Å². The van der Waals surface area contributed by atoms with Crippen molar-refractivity contribution in [2.45, 2.75) is 19.0 Å². The molecule has 1 aliphatic heterocycles. The van der Waals surface area contributed by atoms with Crippen LogP contribution in [-0.2, 0) is 4.79 Å². The highest BCUT2D eigenvalue weighted by atomic mass is 19.1. The van der Waals surface area contributed by atoms with Gasteiger partial charge in [0.15, 0.2) is 0 Å². The number of carbonyl (C=O) groups excluding carboxylic acids is 1. The number of halogens is 1. The molecule has 138 valence electrons. The summed E-state index contributed by atoms with van der Waals surface area (Å²) in [4.78, 5) is 21.0. The van der Waals surface area contributed by atoms with Crippen LogP contribution < -0.4 is 5.32 Å². The molecular weight excluding hydrogens is 331 g/mol. The maximum atomic E-state index is 13.1. The van der Waals surface area contributed by atoms with Crippen LogP contribution in [0, 0.1) is 5.82 Å². The number of pyridine rings is 1. The van der Waals surface area contributed by atoms with E-state index < -0.39 is 0 Å². The predicted octanol–water partition coefficient (Wildman–Crippen LogP) is 2.39. The van der Waals surface area contributed by atoms with Crippen LogP contribution in [0.25, 0.3) is 0 Å². The monoisotopic (exact) mass is 356 g/mol. The van der Waals surface area contributed by atoms with Crippen molar-refractivity contribution in [3.63, 3.8) is 0 Å². The van der Waals surface area contributed by atoms with E-state index in [4.69, 9.17) is 0 Å². The predicted molar refractivity (Wildman–Crippen MR) is 99.0 cm³/mol. The van der Waals surface area contributed by atoms with E-state index in [0.717, 1.165) is 30.8 Å². The van der Waals surface area contributed by atoms with E-state index in [0.29, 0.717) is 6.54 Å². The molecule has 0 spiro atoms. The Balaban J connectivity index is 1.68. The molecule has 1 fully saturated rings. The molecule has 26 heavy (non-hydrogen) atoms. The van der Waals surface area contributed by atoms with E-state index in [1.54, 1.807) is 30.3 Å². The molecule has 3 rings (SSSR count). The normalized spacial score (nSPS) is 19.1. The second-order valence-corrected chi connectivity index (χ2v) is 6.71. The molecule has 6 heteroatoms. The van der Waals surface area contributed by atoms with E-state index in [-0.39, 0.29) is 23.8 Å². The smallest absolute Gasteiger partial charge is 0.237 e. The van der Waals surface area contributed by atoms with Gasteiger partial charge in [0.2, 0.25) is 5.91 Å². The maximum Gasteiger partial charge on any atom is 0.237 e. The van der Waals surface area contributed by atoms with Crippen LogP contribution in [-0.4, -0.2) is 53.9 Å². The van der Waals surface area contributed by atoms with Crippen LogP contribution >= 0.6 is 0 Å². The first-order chi connectivity index (χ1) is 12.6. The summed E-state index contributed by atoms with van der Waals surface area (Å²) in [5.41, 5.74) is 2.04. The standard InChI is InChI=1S/C20H25FN4O/c1-15(16-5-7-18(21)8-6-16)24(2)20(26)14-25-11-10-23-13-19(25)17-4-3-9-22-12-17/h3-9,12,15,19,23H,10-11,13-14H2,1-2H3. The Morgan fingerprint density at radius 3 is 2.85 bits per heavy atom. The third-order valence-corrected chi connectivity index (χ3v) is 5.09. The number of nitrogens with one attached hydrogen (secondary N) is 1. The molecule has 1 amide bonds. The number of aromatic nitrogens is 1. The molecule has 2 heterocycles. The minimum Gasteiger partial charge on any atom is -0.338 e. The molecule has 0 bridgehead atoms. The minimum absolute atomic E-state index is 0.0533. The number of nitrogens with zero attached hydrogens (tertiary/aromatic N) is 3. The third kappa shape index (κ3) is 4.26. The molecule has 1 aromatic carbocycles. The van der Waals surface area contributed by atoms with Gasteiger partial charge in [0.1, 0.15) is 5.82 Å². The third-order valence-electron chi connectivity index (χ3n) is 5.09. The van der Waals surface area contributed by atoms with Gasteiger partial charge in [0.25, 0.3) is 0 Å². The fourth-order valence-electron chi connectivity index (χ4n) is 3.30. The van der Waals surface area contributed by atoms with Gasteiger partial charge in [0, 0.05) is 45.1 Å². The first kappa shape index (κ1) is 18.5. The largest absolute Gasteiger partial charge is 0.338 e. The van der Waals surface area contributed by atoms with Crippen molar-refractivity contribution in [1.82, 2.24) is 20.1 Å². The summed E-state index contributed by atoms with van der Waals surface area (Å²) in [6, 6.07) is 10.3. The topological polar surface area (TPSA) is 48.5 Å². The number of likely N-dealkylation sites (N-methyl/N-ethyl adjacent to an activating group) is 1. The van der Waals surface area contributed by atoms with Crippen LogP contribution in [0.4, 0.5) is 4.39 Å². The number of benzene rings is 1. The Labute approximate surface area is 153 Å². The van der Waals surface area contributed by atoms with Gasteiger partial charge in [-0.3, -0.25) is 14.7 Å². The zero-order valence-electron chi connectivity index (χ0n) is 15.2. The zero-order chi connectivity index (χ0) is 18.5. The lowest BCUT2D eigenvalue weighted by atomic mass is 10.0. The van der Waals surface area contributed by atoms with Crippen LogP contribution in [0.5, 0.6) is 0 Å². The molecule has 0 saturated carbocycles. The first-order valence-electron chi connectivity index (χ1n) is 8.92. The first-order valence-corrected chi connectivity index (χ1v) is 8.92. The van der Waals surface area contributed by atoms with Gasteiger partial charge in [-0.25, -0.2) is 4.39 Å². The second kappa shape index (κ2) is 8.38. The van der Waals surface area contributed by atoms with Crippen molar-refractivity contribution in [3.05, 3.63) is 65.7 Å². The Kier molecular flexibility index (Phi) is 5.96. The van der Waals surface area contributed by atoms with Gasteiger partial charge in [-0.05, 0) is 36.2 Å². The summed E-state index contributed by atoms with van der Waals surface area (Å²) >= 11 is 0. The number of carbonyl (C=O) groups is 1. The summed E-state index contributed by atoms with van der Waals surface area (Å²) in [7, 11) is 1.80. The second-order valence-electron chi connectivity index (χ2n) is 6.71. The van der Waals surface area contributed by atoms with Gasteiger partial charge in [-0.15, -0.1) is 0 Å². The summed E-state index contributed by atoms with van der Waals surface area (Å²) < 4.78 is 13.1. The van der Waals surface area contributed by atoms with Gasteiger partial charge < -0.3 is 10.2 Å². The Bertz CT molecular complexity index is 722. The van der Waals surface area contributed by atoms with Gasteiger partial charge in [0.05, 0.1) is 12.6 Å². The zero-order valence-corrected chi connectivity index (χ0v) is 15.2. The minimum atomic E-state index is -0.268. The summed E-state index contributed by atoms with van der Waals surface area (Å²) in [6.45, 7) is 4.78. The number of piperazine rings is 1. The molecule has 1 N–H and O–H groups in total. The molecule has 2 atom stereocenters. The number of rotatable bonds is 5. The Morgan fingerprint density at radius 2 is 2.15 bits per heavy atom. The average Bonchev–Trinajstić information content (AvgIpc) is 2.68. The van der Waals surface area contributed by atoms with Crippen molar-refractivity contribution in [2.24, 2.45) is 0 Å². The Hall–Kier alpha value is -2.31. The summed E-state index contributed by atoms with van der Waals surface area (Å²) in [5.74, 6) is -0.215. The van der Waals surface area contributed by atoms with Crippen molar-refractivity contribution < 1.29 is 9.18 Å². The van der Waals surface area contributed by atoms with Crippen molar-refractivity contribution in [2.75, 3.05) is 33.2 Å². The van der Waals surface area contributed by atoms with E-state index >= 15 is 0 Å². The number of hydrogen-bond donors (Lipinski definition) is 1. The SMILES string of the molecule is CC(c1ccc(F)cc1)N(C)C(=O)CN1CCNCC1c1cccnc1. The van der Waals surface area contributed by atoms with E-state index in [1.807, 2.05) is 25.3 Å².